The van der Waals surface area contributed by atoms with Gasteiger partial charge in [-0.3, -0.25) is 14.3 Å². The number of hydrogen-bond acceptors (Lipinski definition) is 6. The Morgan fingerprint density at radius 1 is 1.25 bits per heavy atom. The molecular formula is C16H19N3O5. The minimum atomic E-state index is -0.728. The van der Waals surface area contributed by atoms with Gasteiger partial charge in [0, 0.05) is 5.39 Å². The fourth-order valence-electron chi connectivity index (χ4n) is 2.22. The molecule has 8 heteroatoms. The number of esters is 2. The number of amides is 1. The Labute approximate surface area is 138 Å². The molecule has 8 nitrogen and oxygen atoms in total. The summed E-state index contributed by atoms with van der Waals surface area (Å²) in [6.45, 7) is 5.02. The molecular weight excluding hydrogens is 314 g/mol. The summed E-state index contributed by atoms with van der Waals surface area (Å²) in [6, 6.07) is 4.53. The van der Waals surface area contributed by atoms with Crippen LogP contribution in [0.4, 0.5) is 0 Å². The van der Waals surface area contributed by atoms with Crippen molar-refractivity contribution in [1.82, 2.24) is 9.78 Å². The summed E-state index contributed by atoms with van der Waals surface area (Å²) in [5.41, 5.74) is 5.38. The summed E-state index contributed by atoms with van der Waals surface area (Å²) in [5.74, 6) is -1.79. The van der Waals surface area contributed by atoms with E-state index in [1.165, 1.54) is 23.9 Å². The molecule has 1 amide bonds. The molecule has 128 valence electrons. The first kappa shape index (κ1) is 17.5. The molecule has 0 saturated carbocycles. The fraction of sp³-hybridized carbons (Fsp3) is 0.375. The van der Waals surface area contributed by atoms with Crippen LogP contribution in [0.2, 0.25) is 0 Å². The number of rotatable bonds is 4. The highest BCUT2D eigenvalue weighted by molar-refractivity contribution is 6.05. The smallest absolute Gasteiger partial charge is 0.337 e. The Hall–Kier alpha value is -2.90. The summed E-state index contributed by atoms with van der Waals surface area (Å²) in [4.78, 5) is 35.3. The van der Waals surface area contributed by atoms with Crippen LogP contribution in [-0.4, -0.2) is 40.3 Å². The third-order valence-electron chi connectivity index (χ3n) is 3.11. The number of methoxy groups -OCH3 is 1. The van der Waals surface area contributed by atoms with Crippen molar-refractivity contribution in [2.75, 3.05) is 7.11 Å². The first-order chi connectivity index (χ1) is 11.1. The molecule has 0 unspecified atom stereocenters. The minimum Gasteiger partial charge on any atom is -0.465 e. The highest BCUT2D eigenvalue weighted by Crippen LogP contribution is 2.21. The maximum atomic E-state index is 12.0. The van der Waals surface area contributed by atoms with E-state index >= 15 is 0 Å². The second-order valence-electron chi connectivity index (χ2n) is 6.18. The van der Waals surface area contributed by atoms with Crippen molar-refractivity contribution < 1.29 is 23.9 Å². The summed E-state index contributed by atoms with van der Waals surface area (Å²) in [7, 11) is 1.26. The Morgan fingerprint density at radius 2 is 1.92 bits per heavy atom. The van der Waals surface area contributed by atoms with Gasteiger partial charge < -0.3 is 15.2 Å². The van der Waals surface area contributed by atoms with Crippen molar-refractivity contribution in [3.05, 3.63) is 29.5 Å². The van der Waals surface area contributed by atoms with Gasteiger partial charge in [-0.25, -0.2) is 4.79 Å². The Balaban J connectivity index is 2.49. The van der Waals surface area contributed by atoms with E-state index in [2.05, 4.69) is 9.84 Å². The molecule has 2 rings (SSSR count). The first-order valence-corrected chi connectivity index (χ1v) is 7.23. The average molecular weight is 333 g/mol. The molecule has 0 spiro atoms. The number of carbonyl (C=O) groups is 3. The lowest BCUT2D eigenvalue weighted by atomic mass is 10.1. The SMILES string of the molecule is COC(=O)c1ccc2c(C(N)=O)nn(CC(=O)OC(C)(C)C)c2c1. The zero-order chi connectivity index (χ0) is 18.1. The molecule has 1 heterocycles. The van der Waals surface area contributed by atoms with E-state index in [9.17, 15) is 14.4 Å². The number of fused-ring (bicyclic) bond motifs is 1. The number of nitrogens with two attached hydrogens (primary N) is 1. The van der Waals surface area contributed by atoms with Gasteiger partial charge in [-0.2, -0.15) is 5.10 Å². The molecule has 0 aliphatic carbocycles. The monoisotopic (exact) mass is 333 g/mol. The van der Waals surface area contributed by atoms with Gasteiger partial charge in [-0.05, 0) is 39.0 Å². The highest BCUT2D eigenvalue weighted by Gasteiger charge is 2.21. The van der Waals surface area contributed by atoms with E-state index in [1.54, 1.807) is 26.8 Å². The van der Waals surface area contributed by atoms with E-state index in [0.29, 0.717) is 10.9 Å². The lowest BCUT2D eigenvalue weighted by molar-refractivity contribution is -0.155. The van der Waals surface area contributed by atoms with E-state index in [4.69, 9.17) is 10.5 Å². The molecule has 0 fully saturated rings. The minimum absolute atomic E-state index is 0.0185. The maximum Gasteiger partial charge on any atom is 0.337 e. The maximum absolute atomic E-state index is 12.0. The van der Waals surface area contributed by atoms with Gasteiger partial charge in [-0.1, -0.05) is 0 Å². The van der Waals surface area contributed by atoms with Crippen LogP contribution in [0.25, 0.3) is 10.9 Å². The van der Waals surface area contributed by atoms with E-state index < -0.39 is 23.4 Å². The first-order valence-electron chi connectivity index (χ1n) is 7.23. The van der Waals surface area contributed by atoms with Gasteiger partial charge in [0.05, 0.1) is 18.2 Å². The number of nitrogens with zero attached hydrogens (tertiary/aromatic N) is 2. The summed E-state index contributed by atoms with van der Waals surface area (Å²) < 4.78 is 11.2. The molecule has 2 aromatic rings. The summed E-state index contributed by atoms with van der Waals surface area (Å²) >= 11 is 0. The predicted molar refractivity (Wildman–Crippen MR) is 85.4 cm³/mol. The molecule has 0 saturated heterocycles. The molecule has 0 radical (unpaired) electrons. The Kier molecular flexibility index (Phi) is 4.59. The van der Waals surface area contributed by atoms with Crippen LogP contribution in [0.15, 0.2) is 18.2 Å². The number of carbonyl (C=O) groups excluding carboxylic acids is 3. The topological polar surface area (TPSA) is 114 Å². The van der Waals surface area contributed by atoms with Crippen LogP contribution in [0.1, 0.15) is 41.6 Å². The van der Waals surface area contributed by atoms with Gasteiger partial charge in [0.1, 0.15) is 12.1 Å². The van der Waals surface area contributed by atoms with E-state index in [0.717, 1.165) is 0 Å². The molecule has 1 aromatic carbocycles. The van der Waals surface area contributed by atoms with Crippen LogP contribution in [0.3, 0.4) is 0 Å². The van der Waals surface area contributed by atoms with E-state index in [-0.39, 0.29) is 17.8 Å². The molecule has 24 heavy (non-hydrogen) atoms. The number of hydrogen-bond donors (Lipinski definition) is 1. The number of benzene rings is 1. The average Bonchev–Trinajstić information content (AvgIpc) is 2.82. The van der Waals surface area contributed by atoms with Gasteiger partial charge in [0.15, 0.2) is 5.69 Å². The molecule has 0 aliphatic rings. The van der Waals surface area contributed by atoms with Gasteiger partial charge in [0.2, 0.25) is 0 Å². The zero-order valence-corrected chi connectivity index (χ0v) is 14.0. The van der Waals surface area contributed by atoms with Crippen molar-refractivity contribution in [3.63, 3.8) is 0 Å². The molecule has 2 N–H and O–H groups in total. The van der Waals surface area contributed by atoms with Crippen molar-refractivity contribution in [3.8, 4) is 0 Å². The van der Waals surface area contributed by atoms with Crippen molar-refractivity contribution in [2.24, 2.45) is 5.73 Å². The highest BCUT2D eigenvalue weighted by atomic mass is 16.6. The predicted octanol–water partition coefficient (Wildman–Crippen LogP) is 1.26. The third-order valence-corrected chi connectivity index (χ3v) is 3.11. The van der Waals surface area contributed by atoms with Crippen molar-refractivity contribution in [1.29, 1.82) is 0 Å². The Bertz CT molecular complexity index is 817. The van der Waals surface area contributed by atoms with Crippen LogP contribution in [-0.2, 0) is 20.8 Å². The molecule has 0 aliphatic heterocycles. The van der Waals surface area contributed by atoms with Crippen LogP contribution < -0.4 is 5.73 Å². The second kappa shape index (κ2) is 6.31. The van der Waals surface area contributed by atoms with Gasteiger partial charge in [-0.15, -0.1) is 0 Å². The van der Waals surface area contributed by atoms with Crippen LogP contribution >= 0.6 is 0 Å². The molecule has 1 aromatic heterocycles. The van der Waals surface area contributed by atoms with Crippen LogP contribution in [0, 0.1) is 0 Å². The largest absolute Gasteiger partial charge is 0.465 e. The Morgan fingerprint density at radius 3 is 2.46 bits per heavy atom. The number of ether oxygens (including phenoxy) is 2. The van der Waals surface area contributed by atoms with Crippen molar-refractivity contribution in [2.45, 2.75) is 32.9 Å². The third kappa shape index (κ3) is 3.70. The number of aromatic nitrogens is 2. The van der Waals surface area contributed by atoms with Gasteiger partial charge >= 0.3 is 11.9 Å². The molecule has 0 atom stereocenters. The lowest BCUT2D eigenvalue weighted by Crippen LogP contribution is -2.27. The molecule has 0 bridgehead atoms. The standard InChI is InChI=1S/C16H19N3O5/c1-16(2,3)24-12(20)8-19-11-7-9(15(22)23-4)5-6-10(11)13(18-19)14(17)21/h5-7H,8H2,1-4H3,(H2,17,21). The summed E-state index contributed by atoms with van der Waals surface area (Å²) in [5, 5.41) is 4.52. The lowest BCUT2D eigenvalue weighted by Gasteiger charge is -2.19. The van der Waals surface area contributed by atoms with Crippen molar-refractivity contribution >= 4 is 28.7 Å². The second-order valence-corrected chi connectivity index (χ2v) is 6.18. The summed E-state index contributed by atoms with van der Waals surface area (Å²) in [6.07, 6.45) is 0. The fourth-order valence-corrected chi connectivity index (χ4v) is 2.22. The number of primary amides is 1. The van der Waals surface area contributed by atoms with Gasteiger partial charge in [0.25, 0.3) is 5.91 Å². The quantitative estimate of drug-likeness (QED) is 0.843. The van der Waals surface area contributed by atoms with E-state index in [1.807, 2.05) is 0 Å². The normalized spacial score (nSPS) is 11.3. The van der Waals surface area contributed by atoms with Crippen LogP contribution in [0.5, 0.6) is 0 Å². The zero-order valence-electron chi connectivity index (χ0n) is 14.0.